The molecule has 1 aromatic carbocycles. The molecule has 30 heavy (non-hydrogen) atoms. The normalized spacial score (nSPS) is 10.7. The van der Waals surface area contributed by atoms with Gasteiger partial charge in [-0.1, -0.05) is 18.2 Å². The lowest BCUT2D eigenvalue weighted by Crippen LogP contribution is -2.21. The molecule has 3 heterocycles. The molecule has 0 aliphatic rings. The summed E-state index contributed by atoms with van der Waals surface area (Å²) in [6, 6.07) is 14.9. The van der Waals surface area contributed by atoms with E-state index in [1.54, 1.807) is 54.6 Å². The van der Waals surface area contributed by atoms with E-state index in [2.05, 4.69) is 15.6 Å². The Labute approximate surface area is 168 Å². The summed E-state index contributed by atoms with van der Waals surface area (Å²) in [4.78, 5) is 39.5. The lowest BCUT2D eigenvalue weighted by atomic mass is 10.2. The fourth-order valence-corrected chi connectivity index (χ4v) is 2.91. The van der Waals surface area contributed by atoms with Gasteiger partial charge in [0.05, 0.1) is 11.2 Å². The Morgan fingerprint density at radius 2 is 2.03 bits per heavy atom. The minimum Gasteiger partial charge on any atom is -0.459 e. The van der Waals surface area contributed by atoms with Crippen LogP contribution in [-0.2, 0) is 6.54 Å². The highest BCUT2D eigenvalue weighted by molar-refractivity contribution is 6.02. The SMILES string of the molecule is O=C(Nc1cccc(CNc2nc3ccccn3c(=O)c2[N+](=O)[O-])c1)c1ccco1. The highest BCUT2D eigenvalue weighted by Crippen LogP contribution is 2.20. The standard InChI is InChI=1S/C20H15N5O5/c26-19(15-7-4-10-30-15)22-14-6-3-5-13(11-14)12-21-18-17(25(28)29)20(27)24-9-2-1-8-16(24)23-18/h1-11,21H,12H2,(H,22,26). The summed E-state index contributed by atoms with van der Waals surface area (Å²) in [6.07, 6.45) is 2.83. The van der Waals surface area contributed by atoms with Crippen LogP contribution >= 0.6 is 0 Å². The zero-order chi connectivity index (χ0) is 21.1. The number of carbonyl (C=O) groups excluding carboxylic acids is 1. The average molecular weight is 405 g/mol. The number of pyridine rings is 1. The van der Waals surface area contributed by atoms with Crippen LogP contribution in [0.25, 0.3) is 5.65 Å². The van der Waals surface area contributed by atoms with Gasteiger partial charge in [-0.25, -0.2) is 4.98 Å². The van der Waals surface area contributed by atoms with Crippen molar-refractivity contribution in [2.45, 2.75) is 6.54 Å². The molecule has 0 bridgehead atoms. The summed E-state index contributed by atoms with van der Waals surface area (Å²) in [5.41, 5.74) is 0.122. The predicted octanol–water partition coefficient (Wildman–Crippen LogP) is 3.06. The average Bonchev–Trinajstić information content (AvgIpc) is 3.27. The van der Waals surface area contributed by atoms with Gasteiger partial charge in [0.25, 0.3) is 5.91 Å². The number of hydrogen-bond donors (Lipinski definition) is 2. The zero-order valence-corrected chi connectivity index (χ0v) is 15.4. The van der Waals surface area contributed by atoms with Crippen LogP contribution in [0.15, 0.2) is 76.3 Å². The number of benzene rings is 1. The lowest BCUT2D eigenvalue weighted by molar-refractivity contribution is -0.385. The Kier molecular flexibility index (Phi) is 4.95. The summed E-state index contributed by atoms with van der Waals surface area (Å²) >= 11 is 0. The Hall–Kier alpha value is -4.47. The van der Waals surface area contributed by atoms with Crippen LogP contribution in [0.2, 0.25) is 0 Å². The van der Waals surface area contributed by atoms with Crippen molar-refractivity contribution in [1.82, 2.24) is 9.38 Å². The number of nitrogens with one attached hydrogen (secondary N) is 2. The van der Waals surface area contributed by atoms with Crippen molar-refractivity contribution in [2.75, 3.05) is 10.6 Å². The predicted molar refractivity (Wildman–Crippen MR) is 109 cm³/mol. The van der Waals surface area contributed by atoms with Gasteiger partial charge >= 0.3 is 11.2 Å². The van der Waals surface area contributed by atoms with Gasteiger partial charge < -0.3 is 15.1 Å². The Balaban J connectivity index is 1.57. The number of carbonyl (C=O) groups is 1. The minimum atomic E-state index is -0.771. The maximum absolute atomic E-state index is 12.5. The van der Waals surface area contributed by atoms with E-state index in [4.69, 9.17) is 4.42 Å². The monoisotopic (exact) mass is 405 g/mol. The molecule has 0 aliphatic carbocycles. The number of nitro groups is 1. The maximum atomic E-state index is 12.5. The second-order valence-corrected chi connectivity index (χ2v) is 6.29. The van der Waals surface area contributed by atoms with Crippen molar-refractivity contribution in [3.63, 3.8) is 0 Å². The van der Waals surface area contributed by atoms with Crippen molar-refractivity contribution in [1.29, 1.82) is 0 Å². The molecule has 0 radical (unpaired) electrons. The van der Waals surface area contributed by atoms with Crippen LogP contribution in [0, 0.1) is 10.1 Å². The van der Waals surface area contributed by atoms with E-state index in [9.17, 15) is 19.7 Å². The molecule has 2 N–H and O–H groups in total. The third kappa shape index (κ3) is 3.74. The molecular weight excluding hydrogens is 390 g/mol. The van der Waals surface area contributed by atoms with E-state index in [1.807, 2.05) is 0 Å². The van der Waals surface area contributed by atoms with E-state index in [1.165, 1.54) is 12.5 Å². The molecular formula is C20H15N5O5. The highest BCUT2D eigenvalue weighted by atomic mass is 16.6. The van der Waals surface area contributed by atoms with Gasteiger partial charge in [-0.3, -0.25) is 24.1 Å². The molecule has 0 saturated carbocycles. The van der Waals surface area contributed by atoms with Crippen molar-refractivity contribution in [2.24, 2.45) is 0 Å². The molecule has 3 aromatic heterocycles. The van der Waals surface area contributed by atoms with Crippen molar-refractivity contribution in [3.05, 3.63) is 98.8 Å². The summed E-state index contributed by atoms with van der Waals surface area (Å²) in [6.45, 7) is 0.154. The number of nitrogens with zero attached hydrogens (tertiary/aromatic N) is 3. The van der Waals surface area contributed by atoms with Gasteiger partial charge in [0.2, 0.25) is 5.82 Å². The number of hydrogen-bond acceptors (Lipinski definition) is 7. The highest BCUT2D eigenvalue weighted by Gasteiger charge is 2.23. The third-order valence-corrected chi connectivity index (χ3v) is 4.28. The number of aromatic nitrogens is 2. The number of furan rings is 1. The number of rotatable bonds is 6. The molecule has 1 amide bonds. The van der Waals surface area contributed by atoms with E-state index < -0.39 is 22.1 Å². The van der Waals surface area contributed by atoms with Crippen molar-refractivity contribution >= 4 is 28.7 Å². The van der Waals surface area contributed by atoms with Crippen LogP contribution in [-0.4, -0.2) is 20.2 Å². The second kappa shape index (κ2) is 7.87. The number of fused-ring (bicyclic) bond motifs is 1. The van der Waals surface area contributed by atoms with Crippen LogP contribution in [0.1, 0.15) is 16.1 Å². The summed E-state index contributed by atoms with van der Waals surface area (Å²) < 4.78 is 6.18. The fourth-order valence-electron chi connectivity index (χ4n) is 2.91. The fraction of sp³-hybridized carbons (Fsp3) is 0.0500. The summed E-state index contributed by atoms with van der Waals surface area (Å²) in [5.74, 6) is -0.346. The second-order valence-electron chi connectivity index (χ2n) is 6.29. The van der Waals surface area contributed by atoms with Gasteiger partial charge in [-0.2, -0.15) is 0 Å². The van der Waals surface area contributed by atoms with Crippen LogP contribution in [0.4, 0.5) is 17.2 Å². The first-order chi connectivity index (χ1) is 14.5. The van der Waals surface area contributed by atoms with Gasteiger partial charge in [-0.05, 0) is 42.0 Å². The summed E-state index contributed by atoms with van der Waals surface area (Å²) in [7, 11) is 0. The first kappa shape index (κ1) is 18.9. The maximum Gasteiger partial charge on any atom is 0.376 e. The van der Waals surface area contributed by atoms with E-state index >= 15 is 0 Å². The number of anilines is 2. The van der Waals surface area contributed by atoms with Gasteiger partial charge in [0, 0.05) is 18.4 Å². The molecule has 10 heteroatoms. The van der Waals surface area contributed by atoms with E-state index in [0.717, 1.165) is 9.96 Å². The minimum absolute atomic E-state index is 0.124. The van der Waals surface area contributed by atoms with E-state index in [-0.39, 0.29) is 23.8 Å². The smallest absolute Gasteiger partial charge is 0.376 e. The van der Waals surface area contributed by atoms with Crippen LogP contribution in [0.5, 0.6) is 0 Å². The zero-order valence-electron chi connectivity index (χ0n) is 15.4. The topological polar surface area (TPSA) is 132 Å². The van der Waals surface area contributed by atoms with Crippen LogP contribution in [0.3, 0.4) is 0 Å². The van der Waals surface area contributed by atoms with E-state index in [0.29, 0.717) is 5.69 Å². The lowest BCUT2D eigenvalue weighted by Gasteiger charge is -2.09. The number of amides is 1. The first-order valence-corrected chi connectivity index (χ1v) is 8.86. The first-order valence-electron chi connectivity index (χ1n) is 8.86. The molecule has 0 spiro atoms. The van der Waals surface area contributed by atoms with Crippen molar-refractivity contribution in [3.8, 4) is 0 Å². The van der Waals surface area contributed by atoms with Crippen molar-refractivity contribution < 1.29 is 14.1 Å². The van der Waals surface area contributed by atoms with Gasteiger partial charge in [0.1, 0.15) is 5.65 Å². The molecule has 10 nitrogen and oxygen atoms in total. The summed E-state index contributed by atoms with van der Waals surface area (Å²) in [5, 5.41) is 17.0. The molecule has 4 aromatic rings. The molecule has 150 valence electrons. The Morgan fingerprint density at radius 3 is 2.80 bits per heavy atom. The van der Waals surface area contributed by atoms with Gasteiger partial charge in [0.15, 0.2) is 5.76 Å². The molecule has 0 atom stereocenters. The van der Waals surface area contributed by atoms with Crippen LogP contribution < -0.4 is 16.2 Å². The molecule has 0 saturated heterocycles. The largest absolute Gasteiger partial charge is 0.459 e. The molecule has 0 aliphatic heterocycles. The molecule has 0 unspecified atom stereocenters. The third-order valence-electron chi connectivity index (χ3n) is 4.28. The molecule has 0 fully saturated rings. The Bertz CT molecular complexity index is 1300. The molecule has 4 rings (SSSR count). The van der Waals surface area contributed by atoms with Gasteiger partial charge in [-0.15, -0.1) is 0 Å². The quantitative estimate of drug-likeness (QED) is 0.372. The Morgan fingerprint density at radius 1 is 1.17 bits per heavy atom.